The maximum absolute atomic E-state index is 13.4. The molecule has 4 N–H and O–H groups in total. The number of oxime groups is 1. The van der Waals surface area contributed by atoms with Crippen LogP contribution in [0.3, 0.4) is 0 Å². The van der Waals surface area contributed by atoms with Gasteiger partial charge in [0.25, 0.3) is 5.91 Å². The molecule has 34 heavy (non-hydrogen) atoms. The van der Waals surface area contributed by atoms with E-state index in [1.54, 1.807) is 0 Å². The van der Waals surface area contributed by atoms with E-state index in [1.165, 1.54) is 0 Å². The lowest BCUT2D eigenvalue weighted by Gasteiger charge is -2.29. The molecular weight excluding hydrogens is 433 g/mol. The lowest BCUT2D eigenvalue weighted by molar-refractivity contribution is -0.144. The van der Waals surface area contributed by atoms with Crippen LogP contribution in [-0.4, -0.2) is 52.8 Å². The monoisotopic (exact) mass is 465 g/mol. The van der Waals surface area contributed by atoms with Gasteiger partial charge in [-0.3, -0.25) is 9.59 Å². The Labute approximate surface area is 200 Å². The van der Waals surface area contributed by atoms with Crippen LogP contribution in [0.1, 0.15) is 37.8 Å². The van der Waals surface area contributed by atoms with Gasteiger partial charge in [0.15, 0.2) is 0 Å². The maximum Gasteiger partial charge on any atom is 0.475 e. The fraction of sp³-hybridized carbons (Fsp3) is 0.400. The van der Waals surface area contributed by atoms with Crippen molar-refractivity contribution in [2.45, 2.75) is 51.1 Å². The first-order valence-electron chi connectivity index (χ1n) is 11.5. The third-order valence-electron chi connectivity index (χ3n) is 5.68. The Kier molecular flexibility index (Phi) is 8.84. The number of benzene rings is 2. The molecule has 3 rings (SSSR count). The number of carbonyl (C=O) groups is 2. The van der Waals surface area contributed by atoms with Gasteiger partial charge in [-0.25, -0.2) is 0 Å². The van der Waals surface area contributed by atoms with E-state index < -0.39 is 24.6 Å². The van der Waals surface area contributed by atoms with Crippen LogP contribution in [0.4, 0.5) is 0 Å². The second-order valence-corrected chi connectivity index (χ2v) is 9.14. The predicted molar refractivity (Wildman–Crippen MR) is 131 cm³/mol. The third kappa shape index (κ3) is 7.17. The van der Waals surface area contributed by atoms with E-state index in [1.807, 2.05) is 74.5 Å². The molecule has 8 nitrogen and oxygen atoms in total. The number of rotatable bonds is 11. The minimum atomic E-state index is -1.70. The Morgan fingerprint density at radius 3 is 2.26 bits per heavy atom. The van der Waals surface area contributed by atoms with Crippen LogP contribution in [0.5, 0.6) is 0 Å². The first-order chi connectivity index (χ1) is 16.3. The average molecular weight is 465 g/mol. The summed E-state index contributed by atoms with van der Waals surface area (Å²) in [5, 5.41) is 29.2. The van der Waals surface area contributed by atoms with Gasteiger partial charge in [-0.1, -0.05) is 79.7 Å². The number of carbonyl (C=O) groups excluding carboxylic acids is 2. The van der Waals surface area contributed by atoms with Gasteiger partial charge in [-0.05, 0) is 23.5 Å². The molecule has 2 aromatic carbocycles. The smallest absolute Gasteiger partial charge is 0.426 e. The predicted octanol–water partition coefficient (Wildman–Crippen LogP) is 1.65. The Morgan fingerprint density at radius 2 is 1.68 bits per heavy atom. The molecule has 0 spiro atoms. The van der Waals surface area contributed by atoms with Gasteiger partial charge in [-0.2, -0.15) is 0 Å². The van der Waals surface area contributed by atoms with Crippen molar-refractivity contribution in [1.82, 2.24) is 10.6 Å². The van der Waals surface area contributed by atoms with Gasteiger partial charge in [-0.15, -0.1) is 0 Å². The summed E-state index contributed by atoms with van der Waals surface area (Å²) in [5.41, 5.74) is 0.983. The number of hydrogen-bond acceptors (Lipinski definition) is 6. The highest BCUT2D eigenvalue weighted by molar-refractivity contribution is 6.43. The fourth-order valence-corrected chi connectivity index (χ4v) is 3.97. The summed E-state index contributed by atoms with van der Waals surface area (Å²) < 4.78 is 0. The van der Waals surface area contributed by atoms with Crippen LogP contribution in [0, 0.1) is 5.92 Å². The van der Waals surface area contributed by atoms with Crippen molar-refractivity contribution in [1.29, 1.82) is 0 Å². The first kappa shape index (κ1) is 25.5. The van der Waals surface area contributed by atoms with E-state index in [2.05, 4.69) is 15.8 Å². The van der Waals surface area contributed by atoms with Crippen LogP contribution in [0.2, 0.25) is 0 Å². The quantitative estimate of drug-likeness (QED) is 0.376. The molecule has 2 atom stereocenters. The van der Waals surface area contributed by atoms with E-state index in [-0.39, 0.29) is 37.6 Å². The highest BCUT2D eigenvalue weighted by atomic mass is 16.7. The fourth-order valence-electron chi connectivity index (χ4n) is 3.97. The zero-order valence-corrected chi connectivity index (χ0v) is 19.6. The Balaban J connectivity index is 1.68. The average Bonchev–Trinajstić information content (AvgIpc) is 3.22. The second kappa shape index (κ2) is 11.8. The normalized spacial score (nSPS) is 18.1. The van der Waals surface area contributed by atoms with Crippen LogP contribution in [-0.2, 0) is 27.3 Å². The topological polar surface area (TPSA) is 120 Å². The van der Waals surface area contributed by atoms with Gasteiger partial charge in [0.05, 0.1) is 24.6 Å². The van der Waals surface area contributed by atoms with Gasteiger partial charge >= 0.3 is 7.12 Å². The van der Waals surface area contributed by atoms with Crippen molar-refractivity contribution < 1.29 is 24.5 Å². The molecule has 0 radical (unpaired) electrons. The SMILES string of the molecule is CC(C)C[C@H](NC(=O)C1(Cc2ccccc2)CC(CNC(=O)Cc2ccccc2)=NO1)B(O)O. The summed E-state index contributed by atoms with van der Waals surface area (Å²) in [6.07, 6.45) is 1.07. The van der Waals surface area contributed by atoms with Gasteiger partial charge in [0, 0.05) is 12.8 Å². The van der Waals surface area contributed by atoms with Gasteiger partial charge in [0.2, 0.25) is 11.5 Å². The highest BCUT2D eigenvalue weighted by Crippen LogP contribution is 2.29. The van der Waals surface area contributed by atoms with Gasteiger partial charge < -0.3 is 25.5 Å². The molecule has 1 aliphatic rings. The van der Waals surface area contributed by atoms with Crippen molar-refractivity contribution in [3.63, 3.8) is 0 Å². The lowest BCUT2D eigenvalue weighted by atomic mass is 9.74. The minimum Gasteiger partial charge on any atom is -0.426 e. The van der Waals surface area contributed by atoms with Crippen molar-refractivity contribution in [2.75, 3.05) is 6.54 Å². The van der Waals surface area contributed by atoms with E-state index >= 15 is 0 Å². The van der Waals surface area contributed by atoms with E-state index in [9.17, 15) is 19.6 Å². The molecule has 0 saturated heterocycles. The highest BCUT2D eigenvalue weighted by Gasteiger charge is 2.48. The molecule has 2 aromatic rings. The molecule has 0 bridgehead atoms. The molecule has 1 heterocycles. The number of hydrogen-bond donors (Lipinski definition) is 4. The summed E-state index contributed by atoms with van der Waals surface area (Å²) in [6.45, 7) is 4.03. The summed E-state index contributed by atoms with van der Waals surface area (Å²) in [5.74, 6) is -1.31. The third-order valence-corrected chi connectivity index (χ3v) is 5.68. The van der Waals surface area contributed by atoms with Crippen molar-refractivity contribution in [3.8, 4) is 0 Å². The summed E-state index contributed by atoms with van der Waals surface area (Å²) in [7, 11) is -1.70. The molecule has 0 aliphatic carbocycles. The molecule has 0 fully saturated rings. The molecule has 1 aliphatic heterocycles. The zero-order valence-electron chi connectivity index (χ0n) is 19.6. The Hall–Kier alpha value is -3.17. The number of nitrogens with zero attached hydrogens (tertiary/aromatic N) is 1. The zero-order chi connectivity index (χ0) is 24.6. The summed E-state index contributed by atoms with van der Waals surface area (Å²) >= 11 is 0. The molecule has 180 valence electrons. The summed E-state index contributed by atoms with van der Waals surface area (Å²) in [4.78, 5) is 31.4. The molecule has 0 aromatic heterocycles. The Morgan fingerprint density at radius 1 is 1.06 bits per heavy atom. The molecule has 0 saturated carbocycles. The van der Waals surface area contributed by atoms with Crippen LogP contribution in [0.15, 0.2) is 65.8 Å². The van der Waals surface area contributed by atoms with E-state index in [4.69, 9.17) is 4.84 Å². The standard InChI is InChI=1S/C25H32BN3O5/c1-18(2)13-22(26(32)33)28-24(31)25(15-20-11-7-4-8-12-20)16-21(29-34-25)17-27-23(30)14-19-9-5-3-6-10-19/h3-12,18,22,32-33H,13-17H2,1-2H3,(H,27,30)(H,28,31)/t22-,25?/m0/s1. The van der Waals surface area contributed by atoms with E-state index in [0.29, 0.717) is 12.1 Å². The molecule has 2 amide bonds. The van der Waals surface area contributed by atoms with Crippen molar-refractivity contribution >= 4 is 24.6 Å². The number of amides is 2. The minimum absolute atomic E-state index is 0.147. The molecule has 1 unspecified atom stereocenters. The Bertz CT molecular complexity index is 985. The van der Waals surface area contributed by atoms with Crippen LogP contribution in [0.25, 0.3) is 0 Å². The van der Waals surface area contributed by atoms with Gasteiger partial charge in [0.1, 0.15) is 0 Å². The van der Waals surface area contributed by atoms with Crippen LogP contribution >= 0.6 is 0 Å². The van der Waals surface area contributed by atoms with Crippen LogP contribution < -0.4 is 10.6 Å². The lowest BCUT2D eigenvalue weighted by Crippen LogP contribution is -2.56. The first-order valence-corrected chi connectivity index (χ1v) is 11.5. The van der Waals surface area contributed by atoms with Crippen molar-refractivity contribution in [2.24, 2.45) is 11.1 Å². The van der Waals surface area contributed by atoms with E-state index in [0.717, 1.165) is 11.1 Å². The number of nitrogens with one attached hydrogen (secondary N) is 2. The second-order valence-electron chi connectivity index (χ2n) is 9.14. The van der Waals surface area contributed by atoms with Crippen molar-refractivity contribution in [3.05, 3.63) is 71.8 Å². The largest absolute Gasteiger partial charge is 0.475 e. The molecule has 9 heteroatoms. The molecular formula is C25H32BN3O5. The maximum atomic E-state index is 13.4. The summed E-state index contributed by atoms with van der Waals surface area (Å²) in [6, 6.07) is 18.8.